The van der Waals surface area contributed by atoms with Crippen molar-refractivity contribution in [2.75, 3.05) is 19.4 Å². The lowest BCUT2D eigenvalue weighted by Crippen LogP contribution is -2.30. The van der Waals surface area contributed by atoms with Crippen molar-refractivity contribution < 1.29 is 17.9 Å². The topological polar surface area (TPSA) is 75.7 Å². The Morgan fingerprint density at radius 2 is 1.78 bits per heavy atom. The van der Waals surface area contributed by atoms with Crippen LogP contribution >= 0.6 is 0 Å². The molecule has 1 atom stereocenters. The maximum Gasteiger partial charge on any atom is 0.265 e. The van der Waals surface area contributed by atoms with Crippen LogP contribution in [0.25, 0.3) is 0 Å². The van der Waals surface area contributed by atoms with Gasteiger partial charge in [0.15, 0.2) is 6.10 Å². The molecule has 1 amide bonds. The minimum Gasteiger partial charge on any atom is -0.481 e. The van der Waals surface area contributed by atoms with Crippen LogP contribution < -0.4 is 10.1 Å². The second kappa shape index (κ2) is 8.10. The first kappa shape index (κ1) is 20.9. The molecule has 0 aliphatic heterocycles. The van der Waals surface area contributed by atoms with E-state index in [1.807, 2.05) is 39.0 Å². The zero-order chi connectivity index (χ0) is 20.4. The lowest BCUT2D eigenvalue weighted by molar-refractivity contribution is -0.122. The molecule has 0 radical (unpaired) electrons. The number of ether oxygens (including phenoxy) is 1. The molecule has 0 saturated carbocycles. The Labute approximate surface area is 161 Å². The molecule has 0 spiro atoms. The summed E-state index contributed by atoms with van der Waals surface area (Å²) in [5, 5.41) is 2.79. The number of hydrogen-bond acceptors (Lipinski definition) is 4. The van der Waals surface area contributed by atoms with Gasteiger partial charge in [0.05, 0.1) is 4.90 Å². The molecule has 0 saturated heterocycles. The van der Waals surface area contributed by atoms with Gasteiger partial charge in [-0.1, -0.05) is 12.1 Å². The van der Waals surface area contributed by atoms with E-state index in [4.69, 9.17) is 4.74 Å². The summed E-state index contributed by atoms with van der Waals surface area (Å²) in [5.74, 6) is 0.257. The Morgan fingerprint density at radius 1 is 1.11 bits per heavy atom. The lowest BCUT2D eigenvalue weighted by Gasteiger charge is -2.19. The Hall–Kier alpha value is -2.38. The molecular weight excluding hydrogens is 364 g/mol. The molecular formula is C20H26N2O4S. The van der Waals surface area contributed by atoms with Gasteiger partial charge >= 0.3 is 0 Å². The number of anilines is 1. The zero-order valence-corrected chi connectivity index (χ0v) is 17.3. The largest absolute Gasteiger partial charge is 0.481 e. The highest BCUT2D eigenvalue weighted by molar-refractivity contribution is 7.89. The molecule has 0 aliphatic rings. The summed E-state index contributed by atoms with van der Waals surface area (Å²) >= 11 is 0. The molecule has 0 heterocycles. The summed E-state index contributed by atoms with van der Waals surface area (Å²) in [6, 6.07) is 10.5. The fourth-order valence-electron chi connectivity index (χ4n) is 2.50. The van der Waals surface area contributed by atoms with Gasteiger partial charge in [-0.2, -0.15) is 0 Å². The molecule has 27 heavy (non-hydrogen) atoms. The Kier molecular flexibility index (Phi) is 6.28. The van der Waals surface area contributed by atoms with E-state index < -0.39 is 16.1 Å². The summed E-state index contributed by atoms with van der Waals surface area (Å²) in [4.78, 5) is 12.7. The van der Waals surface area contributed by atoms with Crippen molar-refractivity contribution in [3.8, 4) is 5.75 Å². The van der Waals surface area contributed by atoms with Gasteiger partial charge < -0.3 is 10.1 Å². The number of carbonyl (C=O) groups excluding carboxylic acids is 1. The summed E-state index contributed by atoms with van der Waals surface area (Å²) in [7, 11) is -0.652. The first-order chi connectivity index (χ1) is 12.5. The van der Waals surface area contributed by atoms with Crippen LogP contribution in [0.2, 0.25) is 0 Å². The fraction of sp³-hybridized carbons (Fsp3) is 0.350. The first-order valence-corrected chi connectivity index (χ1v) is 10.0. The van der Waals surface area contributed by atoms with Crippen LogP contribution in [0.15, 0.2) is 41.3 Å². The second-order valence-corrected chi connectivity index (χ2v) is 8.92. The van der Waals surface area contributed by atoms with Crippen molar-refractivity contribution in [3.63, 3.8) is 0 Å². The maximum atomic E-state index is 12.6. The van der Waals surface area contributed by atoms with E-state index in [0.717, 1.165) is 21.0 Å². The van der Waals surface area contributed by atoms with Gasteiger partial charge in [-0.25, -0.2) is 12.7 Å². The van der Waals surface area contributed by atoms with Crippen molar-refractivity contribution in [2.24, 2.45) is 0 Å². The predicted molar refractivity (Wildman–Crippen MR) is 107 cm³/mol. The van der Waals surface area contributed by atoms with Gasteiger partial charge in [-0.3, -0.25) is 4.79 Å². The van der Waals surface area contributed by atoms with E-state index in [2.05, 4.69) is 5.32 Å². The number of carbonyl (C=O) groups is 1. The van der Waals surface area contributed by atoms with Gasteiger partial charge in [0.2, 0.25) is 10.0 Å². The Bertz CT molecular complexity index is 952. The normalized spacial score (nSPS) is 12.7. The average molecular weight is 391 g/mol. The molecule has 0 unspecified atom stereocenters. The molecule has 6 nitrogen and oxygen atoms in total. The Balaban J connectivity index is 2.25. The van der Waals surface area contributed by atoms with Crippen LogP contribution in [0, 0.1) is 20.8 Å². The third-order valence-corrected chi connectivity index (χ3v) is 6.14. The van der Waals surface area contributed by atoms with Crippen LogP contribution in [0.5, 0.6) is 5.75 Å². The van der Waals surface area contributed by atoms with Crippen LogP contribution in [-0.2, 0) is 14.8 Å². The lowest BCUT2D eigenvalue weighted by atomic mass is 10.1. The molecule has 0 bridgehead atoms. The second-order valence-electron chi connectivity index (χ2n) is 6.77. The number of sulfonamides is 1. The number of hydrogen-bond donors (Lipinski definition) is 1. The quantitative estimate of drug-likeness (QED) is 0.821. The van der Waals surface area contributed by atoms with E-state index in [9.17, 15) is 13.2 Å². The third-order valence-electron chi connectivity index (χ3n) is 4.35. The molecule has 2 rings (SSSR count). The van der Waals surface area contributed by atoms with Crippen LogP contribution in [0.1, 0.15) is 23.6 Å². The number of rotatable bonds is 6. The summed E-state index contributed by atoms with van der Waals surface area (Å²) < 4.78 is 31.7. The fourth-order valence-corrected chi connectivity index (χ4v) is 3.51. The molecule has 7 heteroatoms. The molecule has 0 aliphatic carbocycles. The highest BCUT2D eigenvalue weighted by Crippen LogP contribution is 2.26. The van der Waals surface area contributed by atoms with Gasteiger partial charge in [0.1, 0.15) is 5.75 Å². The van der Waals surface area contributed by atoms with E-state index in [-0.39, 0.29) is 10.8 Å². The van der Waals surface area contributed by atoms with Gasteiger partial charge in [-0.05, 0) is 68.7 Å². The molecule has 0 fully saturated rings. The number of nitrogens with one attached hydrogen (secondary N) is 1. The molecule has 2 aromatic carbocycles. The first-order valence-electron chi connectivity index (χ1n) is 8.60. The molecule has 0 aromatic heterocycles. The zero-order valence-electron chi connectivity index (χ0n) is 16.5. The van der Waals surface area contributed by atoms with Crippen molar-refractivity contribution in [1.29, 1.82) is 0 Å². The van der Waals surface area contributed by atoms with Gasteiger partial charge in [0.25, 0.3) is 5.91 Å². The number of amides is 1. The number of aryl methyl sites for hydroxylation is 2. The van der Waals surface area contributed by atoms with Crippen molar-refractivity contribution in [2.45, 2.75) is 38.7 Å². The van der Waals surface area contributed by atoms with E-state index in [1.54, 1.807) is 19.1 Å². The van der Waals surface area contributed by atoms with Crippen LogP contribution in [-0.4, -0.2) is 38.8 Å². The highest BCUT2D eigenvalue weighted by atomic mass is 32.2. The van der Waals surface area contributed by atoms with Crippen LogP contribution in [0.4, 0.5) is 5.69 Å². The summed E-state index contributed by atoms with van der Waals surface area (Å²) in [5.41, 5.74) is 3.08. The molecule has 1 N–H and O–H groups in total. The van der Waals surface area contributed by atoms with E-state index in [0.29, 0.717) is 11.4 Å². The minimum atomic E-state index is -3.60. The average Bonchev–Trinajstić information content (AvgIpc) is 2.58. The number of benzene rings is 2. The third kappa shape index (κ3) is 4.87. The number of nitrogens with zero attached hydrogens (tertiary/aromatic N) is 1. The van der Waals surface area contributed by atoms with Crippen molar-refractivity contribution >= 4 is 21.6 Å². The minimum absolute atomic E-state index is 0.137. The molecule has 146 valence electrons. The smallest absolute Gasteiger partial charge is 0.265 e. The predicted octanol–water partition coefficient (Wildman–Crippen LogP) is 3.27. The standard InChI is InChI=1S/C20H26N2O4S/c1-13-8-7-9-17(10-13)26-16(4)20(23)21-19-12-18(11-14(2)15(19)3)27(24,25)22(5)6/h7-12,16H,1-6H3,(H,21,23)/t16-/m0/s1. The monoisotopic (exact) mass is 390 g/mol. The van der Waals surface area contributed by atoms with Gasteiger partial charge in [0, 0.05) is 19.8 Å². The van der Waals surface area contributed by atoms with Crippen LogP contribution in [0.3, 0.4) is 0 Å². The summed E-state index contributed by atoms with van der Waals surface area (Å²) in [6.07, 6.45) is -0.736. The van der Waals surface area contributed by atoms with Crippen molar-refractivity contribution in [1.82, 2.24) is 4.31 Å². The molecule has 2 aromatic rings. The SMILES string of the molecule is Cc1cccc(O[C@@H](C)C(=O)Nc2cc(S(=O)(=O)N(C)C)cc(C)c2C)c1. The van der Waals surface area contributed by atoms with Crippen molar-refractivity contribution in [3.05, 3.63) is 53.1 Å². The Morgan fingerprint density at radius 3 is 2.37 bits per heavy atom. The summed E-state index contributed by atoms with van der Waals surface area (Å²) in [6.45, 7) is 7.25. The van der Waals surface area contributed by atoms with Gasteiger partial charge in [-0.15, -0.1) is 0 Å². The highest BCUT2D eigenvalue weighted by Gasteiger charge is 2.21. The maximum absolute atomic E-state index is 12.6. The van der Waals surface area contributed by atoms with E-state index >= 15 is 0 Å². The van der Waals surface area contributed by atoms with E-state index in [1.165, 1.54) is 20.2 Å².